The van der Waals surface area contributed by atoms with Gasteiger partial charge in [0.05, 0.1) is 5.02 Å². The third-order valence-corrected chi connectivity index (χ3v) is 4.42. The monoisotopic (exact) mass is 414 g/mol. The van der Waals surface area contributed by atoms with E-state index in [1.165, 1.54) is 0 Å². The van der Waals surface area contributed by atoms with Crippen molar-refractivity contribution in [1.29, 1.82) is 0 Å². The summed E-state index contributed by atoms with van der Waals surface area (Å²) in [5.74, 6) is 1.90. The molecule has 2 heterocycles. The average Bonchev–Trinajstić information content (AvgIpc) is 3.17. The molecule has 29 heavy (non-hydrogen) atoms. The van der Waals surface area contributed by atoms with Gasteiger partial charge in [-0.1, -0.05) is 36.7 Å². The summed E-state index contributed by atoms with van der Waals surface area (Å²) in [5, 5.41) is 7.18. The molecule has 0 saturated heterocycles. The number of aromatic nitrogens is 3. The SMILES string of the molecule is CC(C)c1noc(CCCC(=O)Nc2ccc(OCc3cccnc3)c(Cl)c2)n1. The lowest BCUT2D eigenvalue weighted by molar-refractivity contribution is -0.116. The Morgan fingerprint density at radius 3 is 2.86 bits per heavy atom. The maximum Gasteiger partial charge on any atom is 0.226 e. The average molecular weight is 415 g/mol. The summed E-state index contributed by atoms with van der Waals surface area (Å²) in [6, 6.07) is 8.94. The Hall–Kier alpha value is -2.93. The first-order valence-electron chi connectivity index (χ1n) is 9.45. The van der Waals surface area contributed by atoms with Crippen LogP contribution in [0.2, 0.25) is 5.02 Å². The maximum atomic E-state index is 12.2. The number of rotatable bonds is 9. The number of carbonyl (C=O) groups excluding carboxylic acids is 1. The van der Waals surface area contributed by atoms with Crippen LogP contribution in [-0.2, 0) is 17.8 Å². The molecule has 0 radical (unpaired) electrons. The molecule has 1 aromatic carbocycles. The normalized spacial score (nSPS) is 10.9. The number of halogens is 1. The van der Waals surface area contributed by atoms with Gasteiger partial charge < -0.3 is 14.6 Å². The molecule has 0 atom stereocenters. The van der Waals surface area contributed by atoms with Crippen molar-refractivity contribution in [3.05, 3.63) is 65.0 Å². The van der Waals surface area contributed by atoms with E-state index in [9.17, 15) is 4.79 Å². The Morgan fingerprint density at radius 1 is 1.31 bits per heavy atom. The summed E-state index contributed by atoms with van der Waals surface area (Å²) in [5.41, 5.74) is 1.57. The smallest absolute Gasteiger partial charge is 0.226 e. The Morgan fingerprint density at radius 2 is 2.17 bits per heavy atom. The molecule has 152 valence electrons. The summed E-state index contributed by atoms with van der Waals surface area (Å²) in [7, 11) is 0. The fourth-order valence-corrected chi connectivity index (χ4v) is 2.80. The number of nitrogens with one attached hydrogen (secondary N) is 1. The second-order valence-electron chi connectivity index (χ2n) is 6.90. The van der Waals surface area contributed by atoms with Crippen LogP contribution in [0.15, 0.2) is 47.2 Å². The highest BCUT2D eigenvalue weighted by Crippen LogP contribution is 2.28. The summed E-state index contributed by atoms with van der Waals surface area (Å²) in [6.45, 7) is 4.37. The molecule has 1 N–H and O–H groups in total. The second kappa shape index (κ2) is 10.0. The number of carbonyl (C=O) groups is 1. The van der Waals surface area contributed by atoms with Crippen LogP contribution >= 0.6 is 11.6 Å². The Bertz CT molecular complexity index is 944. The lowest BCUT2D eigenvalue weighted by atomic mass is 10.2. The number of anilines is 1. The van der Waals surface area contributed by atoms with Crippen molar-refractivity contribution in [2.24, 2.45) is 0 Å². The van der Waals surface area contributed by atoms with Gasteiger partial charge in [-0.15, -0.1) is 0 Å². The fraction of sp³-hybridized carbons (Fsp3) is 0.333. The first kappa shape index (κ1) is 20.8. The Kier molecular flexibility index (Phi) is 7.19. The minimum atomic E-state index is -0.103. The van der Waals surface area contributed by atoms with Gasteiger partial charge in [0.15, 0.2) is 5.82 Å². The van der Waals surface area contributed by atoms with Crippen LogP contribution in [0, 0.1) is 0 Å². The van der Waals surface area contributed by atoms with E-state index >= 15 is 0 Å². The van der Waals surface area contributed by atoms with E-state index in [1.54, 1.807) is 30.6 Å². The van der Waals surface area contributed by atoms with Crippen LogP contribution < -0.4 is 10.1 Å². The molecule has 0 aliphatic rings. The molecular formula is C21H23ClN4O3. The van der Waals surface area contributed by atoms with Gasteiger partial charge in [-0.05, 0) is 30.7 Å². The largest absolute Gasteiger partial charge is 0.487 e. The number of aryl methyl sites for hydroxylation is 1. The number of ether oxygens (including phenoxy) is 1. The highest BCUT2D eigenvalue weighted by molar-refractivity contribution is 6.32. The maximum absolute atomic E-state index is 12.2. The van der Waals surface area contributed by atoms with Crippen molar-refractivity contribution in [3.63, 3.8) is 0 Å². The second-order valence-corrected chi connectivity index (χ2v) is 7.31. The molecule has 8 heteroatoms. The number of pyridine rings is 1. The van der Waals surface area contributed by atoms with Gasteiger partial charge in [-0.25, -0.2) is 0 Å². The van der Waals surface area contributed by atoms with E-state index in [2.05, 4.69) is 20.4 Å². The van der Waals surface area contributed by atoms with E-state index in [0.29, 0.717) is 54.0 Å². The Labute approximate surface area is 174 Å². The van der Waals surface area contributed by atoms with Gasteiger partial charge in [-0.2, -0.15) is 4.98 Å². The van der Waals surface area contributed by atoms with E-state index < -0.39 is 0 Å². The van der Waals surface area contributed by atoms with E-state index in [-0.39, 0.29) is 11.8 Å². The third kappa shape index (κ3) is 6.29. The number of benzene rings is 1. The van der Waals surface area contributed by atoms with Crippen LogP contribution in [0.5, 0.6) is 5.75 Å². The van der Waals surface area contributed by atoms with Crippen LogP contribution in [0.3, 0.4) is 0 Å². The van der Waals surface area contributed by atoms with Crippen molar-refractivity contribution in [3.8, 4) is 5.75 Å². The molecule has 3 rings (SSSR count). The molecule has 7 nitrogen and oxygen atoms in total. The first-order chi connectivity index (χ1) is 14.0. The molecule has 3 aromatic rings. The molecule has 0 spiro atoms. The van der Waals surface area contributed by atoms with Crippen molar-refractivity contribution in [2.45, 2.75) is 45.6 Å². The minimum Gasteiger partial charge on any atom is -0.487 e. The highest BCUT2D eigenvalue weighted by Gasteiger charge is 2.11. The zero-order valence-corrected chi connectivity index (χ0v) is 17.1. The lowest BCUT2D eigenvalue weighted by Crippen LogP contribution is -2.11. The highest BCUT2D eigenvalue weighted by atomic mass is 35.5. The number of amides is 1. The predicted molar refractivity (Wildman–Crippen MR) is 110 cm³/mol. The fourth-order valence-electron chi connectivity index (χ4n) is 2.57. The quantitative estimate of drug-likeness (QED) is 0.541. The van der Waals surface area contributed by atoms with Crippen LogP contribution in [0.1, 0.15) is 49.9 Å². The summed E-state index contributed by atoms with van der Waals surface area (Å²) in [6.07, 6.45) is 4.97. The molecule has 0 bridgehead atoms. The van der Waals surface area contributed by atoms with Crippen molar-refractivity contribution in [1.82, 2.24) is 15.1 Å². The number of hydrogen-bond donors (Lipinski definition) is 1. The van der Waals surface area contributed by atoms with Gasteiger partial charge in [0.1, 0.15) is 12.4 Å². The van der Waals surface area contributed by atoms with Gasteiger partial charge in [-0.3, -0.25) is 9.78 Å². The van der Waals surface area contributed by atoms with Gasteiger partial charge in [0.25, 0.3) is 0 Å². The molecule has 0 unspecified atom stereocenters. The standard InChI is InChI=1S/C21H23ClN4O3/c1-14(2)21-25-20(29-26-21)7-3-6-19(27)24-16-8-9-18(17(22)11-16)28-13-15-5-4-10-23-12-15/h4-5,8-12,14H,3,6-7,13H2,1-2H3,(H,24,27). The van der Waals surface area contributed by atoms with Crippen molar-refractivity contribution >= 4 is 23.2 Å². The Balaban J connectivity index is 1.45. The molecule has 2 aromatic heterocycles. The van der Waals surface area contributed by atoms with Gasteiger partial charge in [0.2, 0.25) is 11.8 Å². The number of hydrogen-bond acceptors (Lipinski definition) is 6. The topological polar surface area (TPSA) is 90.1 Å². The molecule has 0 fully saturated rings. The molecule has 0 aliphatic carbocycles. The van der Waals surface area contributed by atoms with Crippen molar-refractivity contribution in [2.75, 3.05) is 5.32 Å². The summed E-state index contributed by atoms with van der Waals surface area (Å²) in [4.78, 5) is 20.5. The molecule has 0 aliphatic heterocycles. The van der Waals surface area contributed by atoms with Crippen LogP contribution in [0.4, 0.5) is 5.69 Å². The van der Waals surface area contributed by atoms with Crippen molar-refractivity contribution < 1.29 is 14.1 Å². The third-order valence-electron chi connectivity index (χ3n) is 4.13. The summed E-state index contributed by atoms with van der Waals surface area (Å²) < 4.78 is 10.9. The molecule has 1 amide bonds. The molecule has 0 saturated carbocycles. The zero-order valence-electron chi connectivity index (χ0n) is 16.4. The van der Waals surface area contributed by atoms with Gasteiger partial charge >= 0.3 is 0 Å². The van der Waals surface area contributed by atoms with Crippen LogP contribution in [0.25, 0.3) is 0 Å². The number of nitrogens with zero attached hydrogens (tertiary/aromatic N) is 3. The predicted octanol–water partition coefficient (Wildman–Crippen LogP) is 4.78. The summed E-state index contributed by atoms with van der Waals surface area (Å²) >= 11 is 6.27. The van der Waals surface area contributed by atoms with E-state index in [4.69, 9.17) is 20.9 Å². The zero-order chi connectivity index (χ0) is 20.6. The first-order valence-corrected chi connectivity index (χ1v) is 9.82. The van der Waals surface area contributed by atoms with E-state index in [0.717, 1.165) is 5.56 Å². The van der Waals surface area contributed by atoms with E-state index in [1.807, 2.05) is 26.0 Å². The minimum absolute atomic E-state index is 0.103. The molecular weight excluding hydrogens is 392 g/mol. The lowest BCUT2D eigenvalue weighted by Gasteiger charge is -2.10. The van der Waals surface area contributed by atoms with Crippen LogP contribution in [-0.4, -0.2) is 21.0 Å². The van der Waals surface area contributed by atoms with Gasteiger partial charge in [0, 0.05) is 42.4 Å².